The Morgan fingerprint density at radius 3 is 2.37 bits per heavy atom. The van der Waals surface area contributed by atoms with Crippen LogP contribution in [0, 0.1) is 0 Å². The highest BCUT2D eigenvalue weighted by atomic mass is 16.5. The summed E-state index contributed by atoms with van der Waals surface area (Å²) in [6.07, 6.45) is 1.74. The van der Waals surface area contributed by atoms with E-state index in [-0.39, 0.29) is 18.4 Å². The van der Waals surface area contributed by atoms with Gasteiger partial charge in [-0.1, -0.05) is 42.5 Å². The van der Waals surface area contributed by atoms with Crippen molar-refractivity contribution in [1.29, 1.82) is 0 Å². The standard InChI is InChI=1S/C29H32N2O4/c1-4-35-23-12-10-21(11-13-23)17-28(32)31-25(16-20-8-6-5-7-9-20)29-24-19-27(34-3)26(33-2)18-22(24)14-15-30-29/h5-13,18-19,25H,4,14-17H2,1-3H3,(H,31,32)/t25-/m0/s1. The highest BCUT2D eigenvalue weighted by Gasteiger charge is 2.26. The average Bonchev–Trinajstić information content (AvgIpc) is 2.89. The second kappa shape index (κ2) is 11.6. The third-order valence-electron chi connectivity index (χ3n) is 6.10. The van der Waals surface area contributed by atoms with Crippen LogP contribution >= 0.6 is 0 Å². The minimum atomic E-state index is -0.273. The molecule has 3 aromatic rings. The number of rotatable bonds is 10. The van der Waals surface area contributed by atoms with Crippen LogP contribution in [0.2, 0.25) is 0 Å². The van der Waals surface area contributed by atoms with Gasteiger partial charge in [-0.2, -0.15) is 0 Å². The largest absolute Gasteiger partial charge is 0.494 e. The predicted octanol–water partition coefficient (Wildman–Crippen LogP) is 4.42. The molecule has 0 unspecified atom stereocenters. The maximum absolute atomic E-state index is 13.2. The molecule has 0 radical (unpaired) electrons. The number of nitrogens with zero attached hydrogens (tertiary/aromatic N) is 1. The lowest BCUT2D eigenvalue weighted by Gasteiger charge is -2.27. The summed E-state index contributed by atoms with van der Waals surface area (Å²) in [5.41, 5.74) is 5.08. The Bertz CT molecular complexity index is 1170. The Labute approximate surface area is 207 Å². The van der Waals surface area contributed by atoms with Gasteiger partial charge in [0.25, 0.3) is 0 Å². The van der Waals surface area contributed by atoms with Crippen molar-refractivity contribution >= 4 is 11.6 Å². The van der Waals surface area contributed by atoms with Gasteiger partial charge in [-0.05, 0) is 60.7 Å². The van der Waals surface area contributed by atoms with Crippen LogP contribution in [0.15, 0.2) is 71.7 Å². The molecule has 0 saturated carbocycles. The van der Waals surface area contributed by atoms with Crippen LogP contribution in [0.5, 0.6) is 17.2 Å². The molecule has 0 fully saturated rings. The van der Waals surface area contributed by atoms with E-state index in [0.29, 0.717) is 31.1 Å². The van der Waals surface area contributed by atoms with Crippen molar-refractivity contribution < 1.29 is 19.0 Å². The Morgan fingerprint density at radius 1 is 0.971 bits per heavy atom. The van der Waals surface area contributed by atoms with Crippen molar-refractivity contribution in [2.75, 3.05) is 27.4 Å². The second-order valence-corrected chi connectivity index (χ2v) is 8.44. The highest BCUT2D eigenvalue weighted by molar-refractivity contribution is 6.08. The SMILES string of the molecule is CCOc1ccc(CC(=O)N[C@@H](Cc2ccccc2)C2=NCCc3cc(OC)c(OC)cc32)cc1. The van der Waals surface area contributed by atoms with Gasteiger partial charge in [-0.25, -0.2) is 0 Å². The van der Waals surface area contributed by atoms with Gasteiger partial charge in [-0.15, -0.1) is 0 Å². The Morgan fingerprint density at radius 2 is 1.69 bits per heavy atom. The van der Waals surface area contributed by atoms with Crippen molar-refractivity contribution in [2.45, 2.75) is 32.2 Å². The van der Waals surface area contributed by atoms with E-state index in [9.17, 15) is 4.79 Å². The molecule has 6 nitrogen and oxygen atoms in total. The maximum Gasteiger partial charge on any atom is 0.224 e. The predicted molar refractivity (Wildman–Crippen MR) is 138 cm³/mol. The van der Waals surface area contributed by atoms with Crippen molar-refractivity contribution in [3.05, 3.63) is 89.0 Å². The molecule has 6 heteroatoms. The third kappa shape index (κ3) is 6.01. The number of amides is 1. The first-order valence-electron chi connectivity index (χ1n) is 12.0. The smallest absolute Gasteiger partial charge is 0.224 e. The van der Waals surface area contributed by atoms with Crippen LogP contribution in [0.1, 0.15) is 29.2 Å². The molecular weight excluding hydrogens is 440 g/mol. The van der Waals surface area contributed by atoms with Crippen molar-refractivity contribution in [3.8, 4) is 17.2 Å². The molecule has 1 aliphatic rings. The van der Waals surface area contributed by atoms with Crippen LogP contribution in [0.3, 0.4) is 0 Å². The number of hydrogen-bond acceptors (Lipinski definition) is 5. The quantitative estimate of drug-likeness (QED) is 0.474. The fourth-order valence-electron chi connectivity index (χ4n) is 4.41. The lowest BCUT2D eigenvalue weighted by molar-refractivity contribution is -0.120. The number of carbonyl (C=O) groups excluding carboxylic acids is 1. The number of methoxy groups -OCH3 is 2. The molecule has 1 atom stereocenters. The van der Waals surface area contributed by atoms with E-state index in [0.717, 1.165) is 40.1 Å². The van der Waals surface area contributed by atoms with Gasteiger partial charge >= 0.3 is 0 Å². The van der Waals surface area contributed by atoms with E-state index in [1.54, 1.807) is 14.2 Å². The van der Waals surface area contributed by atoms with E-state index in [1.807, 2.05) is 61.5 Å². The zero-order valence-electron chi connectivity index (χ0n) is 20.5. The minimum absolute atomic E-state index is 0.0506. The van der Waals surface area contributed by atoms with Gasteiger partial charge in [0.05, 0.1) is 39.0 Å². The van der Waals surface area contributed by atoms with Crippen LogP contribution < -0.4 is 19.5 Å². The topological polar surface area (TPSA) is 69.2 Å². The van der Waals surface area contributed by atoms with Crippen LogP contribution in [0.4, 0.5) is 0 Å². The summed E-state index contributed by atoms with van der Waals surface area (Å²) in [5, 5.41) is 3.26. The third-order valence-corrected chi connectivity index (χ3v) is 6.10. The summed E-state index contributed by atoms with van der Waals surface area (Å²) in [6.45, 7) is 3.23. The molecule has 1 heterocycles. The summed E-state index contributed by atoms with van der Waals surface area (Å²) < 4.78 is 16.6. The molecule has 1 aliphatic heterocycles. The summed E-state index contributed by atoms with van der Waals surface area (Å²) in [5.74, 6) is 2.10. The van der Waals surface area contributed by atoms with Gasteiger partial charge in [0.1, 0.15) is 5.75 Å². The fraction of sp³-hybridized carbons (Fsp3) is 0.310. The fourth-order valence-corrected chi connectivity index (χ4v) is 4.41. The summed E-state index contributed by atoms with van der Waals surface area (Å²) in [6, 6.07) is 21.5. The van der Waals surface area contributed by atoms with Gasteiger partial charge < -0.3 is 19.5 Å². The molecule has 35 heavy (non-hydrogen) atoms. The van der Waals surface area contributed by atoms with E-state index in [1.165, 1.54) is 0 Å². The van der Waals surface area contributed by atoms with E-state index >= 15 is 0 Å². The zero-order chi connectivity index (χ0) is 24.6. The number of carbonyl (C=O) groups is 1. The number of fused-ring (bicyclic) bond motifs is 1. The van der Waals surface area contributed by atoms with Gasteiger partial charge in [0.2, 0.25) is 5.91 Å². The molecule has 0 bridgehead atoms. The molecule has 0 aliphatic carbocycles. The van der Waals surface area contributed by atoms with Crippen molar-refractivity contribution in [3.63, 3.8) is 0 Å². The molecule has 1 amide bonds. The van der Waals surface area contributed by atoms with E-state index < -0.39 is 0 Å². The molecule has 3 aromatic carbocycles. The minimum Gasteiger partial charge on any atom is -0.494 e. The van der Waals surface area contributed by atoms with E-state index in [4.69, 9.17) is 19.2 Å². The van der Waals surface area contributed by atoms with Gasteiger partial charge in [0.15, 0.2) is 11.5 Å². The number of hydrogen-bond donors (Lipinski definition) is 1. The number of ether oxygens (including phenoxy) is 3. The number of nitrogens with one attached hydrogen (secondary N) is 1. The lowest BCUT2D eigenvalue weighted by atomic mass is 9.90. The molecule has 0 saturated heterocycles. The monoisotopic (exact) mass is 472 g/mol. The molecular formula is C29H32N2O4. The Balaban J connectivity index is 1.60. The lowest BCUT2D eigenvalue weighted by Crippen LogP contribution is -2.44. The Kier molecular flexibility index (Phi) is 8.03. The first-order valence-corrected chi connectivity index (χ1v) is 12.0. The van der Waals surface area contributed by atoms with Gasteiger partial charge in [-0.3, -0.25) is 9.79 Å². The number of aliphatic imine (C=N–C) groups is 1. The van der Waals surface area contributed by atoms with Crippen LogP contribution in [-0.4, -0.2) is 45.0 Å². The van der Waals surface area contributed by atoms with Crippen LogP contribution in [-0.2, 0) is 24.1 Å². The maximum atomic E-state index is 13.2. The Hall–Kier alpha value is -3.80. The molecule has 1 N–H and O–H groups in total. The molecule has 0 spiro atoms. The molecule has 182 valence electrons. The van der Waals surface area contributed by atoms with Crippen molar-refractivity contribution in [2.24, 2.45) is 4.99 Å². The average molecular weight is 473 g/mol. The van der Waals surface area contributed by atoms with Crippen molar-refractivity contribution in [1.82, 2.24) is 5.32 Å². The molecule has 0 aromatic heterocycles. The summed E-state index contributed by atoms with van der Waals surface area (Å²) >= 11 is 0. The first-order chi connectivity index (χ1) is 17.1. The zero-order valence-corrected chi connectivity index (χ0v) is 20.5. The molecule has 4 rings (SSSR count). The van der Waals surface area contributed by atoms with Crippen LogP contribution in [0.25, 0.3) is 0 Å². The second-order valence-electron chi connectivity index (χ2n) is 8.44. The highest BCUT2D eigenvalue weighted by Crippen LogP contribution is 2.33. The van der Waals surface area contributed by atoms with Gasteiger partial charge in [0, 0.05) is 12.1 Å². The van der Waals surface area contributed by atoms with E-state index in [2.05, 4.69) is 17.4 Å². The summed E-state index contributed by atoms with van der Waals surface area (Å²) in [7, 11) is 3.27. The number of benzene rings is 3. The first kappa shape index (κ1) is 24.3. The normalized spacial score (nSPS) is 13.3. The summed E-state index contributed by atoms with van der Waals surface area (Å²) in [4.78, 5) is 18.0.